The third-order valence-corrected chi connectivity index (χ3v) is 5.42. The molecule has 31 heavy (non-hydrogen) atoms. The van der Waals surface area contributed by atoms with E-state index in [1.54, 1.807) is 12.1 Å². The maximum absolute atomic E-state index is 13.3. The maximum atomic E-state index is 13.3. The largest absolute Gasteiger partial charge is 0.295 e. The van der Waals surface area contributed by atoms with E-state index < -0.39 is 0 Å². The Labute approximate surface area is 184 Å². The van der Waals surface area contributed by atoms with E-state index >= 15 is 0 Å². The van der Waals surface area contributed by atoms with Gasteiger partial charge in [0.2, 0.25) is 5.91 Å². The first-order valence-corrected chi connectivity index (χ1v) is 10.7. The van der Waals surface area contributed by atoms with Crippen LogP contribution >= 0.6 is 11.6 Å². The normalized spacial score (nSPS) is 11.0. The number of unbranched alkanes of at least 4 members (excludes halogenated alkanes) is 1. The molecule has 0 radical (unpaired) electrons. The Morgan fingerprint density at radius 2 is 1.87 bits per heavy atom. The molecule has 7 heteroatoms. The van der Waals surface area contributed by atoms with Crippen molar-refractivity contribution in [1.82, 2.24) is 14.9 Å². The third-order valence-electron chi connectivity index (χ3n) is 5.17. The Morgan fingerprint density at radius 3 is 2.58 bits per heavy atom. The molecular weight excluding hydrogens is 412 g/mol. The molecule has 1 amide bonds. The van der Waals surface area contributed by atoms with Crippen molar-refractivity contribution in [1.29, 1.82) is 0 Å². The van der Waals surface area contributed by atoms with Gasteiger partial charge >= 0.3 is 0 Å². The van der Waals surface area contributed by atoms with Gasteiger partial charge in [-0.25, -0.2) is 4.68 Å². The fraction of sp³-hybridized carbons (Fsp3) is 0.208. The van der Waals surface area contributed by atoms with Crippen LogP contribution in [-0.2, 0) is 17.6 Å². The van der Waals surface area contributed by atoms with Crippen molar-refractivity contribution in [3.05, 3.63) is 87.3 Å². The topological polar surface area (TPSA) is 79.8 Å². The Kier molecular flexibility index (Phi) is 6.18. The summed E-state index contributed by atoms with van der Waals surface area (Å²) in [6.45, 7) is 2.09. The van der Waals surface area contributed by atoms with Gasteiger partial charge in [-0.1, -0.05) is 67.4 Å². The molecule has 0 aliphatic carbocycles. The number of hydrogen-bond donors (Lipinski definition) is 2. The number of pyridine rings is 1. The van der Waals surface area contributed by atoms with Crippen LogP contribution in [0.15, 0.2) is 65.5 Å². The average molecular weight is 435 g/mol. The van der Waals surface area contributed by atoms with Crippen molar-refractivity contribution in [2.75, 3.05) is 5.43 Å². The molecule has 6 nitrogen and oxygen atoms in total. The van der Waals surface area contributed by atoms with Crippen LogP contribution in [0.3, 0.4) is 0 Å². The number of aromatic nitrogens is 3. The van der Waals surface area contributed by atoms with E-state index in [0.29, 0.717) is 22.7 Å². The maximum Gasteiger partial charge on any atom is 0.295 e. The van der Waals surface area contributed by atoms with Gasteiger partial charge in [0.1, 0.15) is 11.2 Å². The van der Waals surface area contributed by atoms with E-state index in [1.165, 1.54) is 4.68 Å². The lowest BCUT2D eigenvalue weighted by molar-refractivity contribution is -0.116. The molecule has 0 saturated heterocycles. The second-order valence-electron chi connectivity index (χ2n) is 7.44. The zero-order valence-electron chi connectivity index (χ0n) is 17.2. The molecule has 2 heterocycles. The minimum absolute atomic E-state index is 0.192. The van der Waals surface area contributed by atoms with Crippen LogP contribution in [0.4, 0.5) is 0 Å². The molecule has 0 bridgehead atoms. The number of benzene rings is 2. The number of fused-ring (bicyclic) bond motifs is 1. The van der Waals surface area contributed by atoms with Gasteiger partial charge in [0, 0.05) is 21.7 Å². The molecule has 4 aromatic rings. The number of aromatic amines is 1. The van der Waals surface area contributed by atoms with E-state index in [1.807, 2.05) is 48.5 Å². The summed E-state index contributed by atoms with van der Waals surface area (Å²) in [6, 6.07) is 18.7. The van der Waals surface area contributed by atoms with Crippen LogP contribution < -0.4 is 11.0 Å². The summed E-state index contributed by atoms with van der Waals surface area (Å²) in [5.74, 6) is -0.247. The molecule has 0 unspecified atom stereocenters. The lowest BCUT2D eigenvalue weighted by Crippen LogP contribution is -2.36. The van der Waals surface area contributed by atoms with Crippen molar-refractivity contribution in [3.8, 4) is 11.3 Å². The second-order valence-corrected chi connectivity index (χ2v) is 7.88. The molecule has 0 atom stereocenters. The standard InChI is InChI=1S/C24H23ClN4O2/c1-2-3-9-19-15-20-22(17-10-12-18(25)13-11-17)26-27-23(20)24(31)29(19)28-21(30)14-16-7-5-4-6-8-16/h4-8,10-13,15H,2-3,9,14H2,1H3,(H,26,27)(H,28,30). The van der Waals surface area contributed by atoms with Crippen LogP contribution in [-0.4, -0.2) is 20.8 Å². The average Bonchev–Trinajstić information content (AvgIpc) is 3.20. The molecule has 0 aliphatic rings. The number of halogens is 1. The highest BCUT2D eigenvalue weighted by atomic mass is 35.5. The number of nitrogens with zero attached hydrogens (tertiary/aromatic N) is 2. The van der Waals surface area contributed by atoms with Crippen molar-refractivity contribution >= 4 is 28.4 Å². The highest BCUT2D eigenvalue weighted by molar-refractivity contribution is 6.30. The van der Waals surface area contributed by atoms with Crippen LogP contribution in [0.2, 0.25) is 5.02 Å². The molecule has 0 fully saturated rings. The summed E-state index contributed by atoms with van der Waals surface area (Å²) < 4.78 is 1.35. The first-order chi connectivity index (χ1) is 15.1. The SMILES string of the molecule is CCCCc1cc2c(-c3ccc(Cl)cc3)n[nH]c2c(=O)n1NC(=O)Cc1ccccc1. The summed E-state index contributed by atoms with van der Waals surface area (Å²) in [4.78, 5) is 25.9. The van der Waals surface area contributed by atoms with Crippen molar-refractivity contribution in [3.63, 3.8) is 0 Å². The predicted octanol–water partition coefficient (Wildman–Crippen LogP) is 4.70. The summed E-state index contributed by atoms with van der Waals surface area (Å²) in [5.41, 5.74) is 6.00. The van der Waals surface area contributed by atoms with Gasteiger partial charge in [-0.3, -0.25) is 20.1 Å². The Balaban J connectivity index is 1.74. The van der Waals surface area contributed by atoms with E-state index in [9.17, 15) is 9.59 Å². The molecule has 158 valence electrons. The number of aryl methyl sites for hydroxylation is 1. The predicted molar refractivity (Wildman–Crippen MR) is 124 cm³/mol. The molecule has 2 aromatic heterocycles. The lowest BCUT2D eigenvalue weighted by Gasteiger charge is -2.14. The Morgan fingerprint density at radius 1 is 1.13 bits per heavy atom. The highest BCUT2D eigenvalue weighted by Crippen LogP contribution is 2.27. The second kappa shape index (κ2) is 9.18. The van der Waals surface area contributed by atoms with Crippen LogP contribution in [0.1, 0.15) is 31.0 Å². The molecular formula is C24H23ClN4O2. The number of nitrogens with one attached hydrogen (secondary N) is 2. The first-order valence-electron chi connectivity index (χ1n) is 10.3. The number of carbonyl (C=O) groups is 1. The van der Waals surface area contributed by atoms with E-state index in [2.05, 4.69) is 22.5 Å². The lowest BCUT2D eigenvalue weighted by atomic mass is 10.1. The number of rotatable bonds is 7. The summed E-state index contributed by atoms with van der Waals surface area (Å²) in [7, 11) is 0. The number of carbonyl (C=O) groups excluding carboxylic acids is 1. The summed E-state index contributed by atoms with van der Waals surface area (Å²) in [5, 5.41) is 8.58. The zero-order valence-corrected chi connectivity index (χ0v) is 17.9. The van der Waals surface area contributed by atoms with E-state index in [0.717, 1.165) is 35.0 Å². The fourth-order valence-electron chi connectivity index (χ4n) is 3.57. The summed E-state index contributed by atoms with van der Waals surface area (Å²) >= 11 is 6.00. The Bertz CT molecular complexity index is 1260. The molecule has 2 aromatic carbocycles. The van der Waals surface area contributed by atoms with Gasteiger partial charge in [0.15, 0.2) is 0 Å². The molecule has 0 spiro atoms. The molecule has 0 aliphatic heterocycles. The van der Waals surface area contributed by atoms with E-state index in [-0.39, 0.29) is 17.9 Å². The minimum Gasteiger partial charge on any atom is -0.273 e. The number of hydrogen-bond acceptors (Lipinski definition) is 3. The Hall–Kier alpha value is -3.38. The molecule has 4 rings (SSSR count). The van der Waals surface area contributed by atoms with Gasteiger partial charge in [-0.15, -0.1) is 0 Å². The zero-order chi connectivity index (χ0) is 21.8. The van der Waals surface area contributed by atoms with Gasteiger partial charge < -0.3 is 0 Å². The van der Waals surface area contributed by atoms with E-state index in [4.69, 9.17) is 11.6 Å². The quantitative estimate of drug-likeness (QED) is 0.442. The van der Waals surface area contributed by atoms with Gasteiger partial charge in [-0.2, -0.15) is 5.10 Å². The minimum atomic E-state index is -0.322. The highest BCUT2D eigenvalue weighted by Gasteiger charge is 2.17. The fourth-order valence-corrected chi connectivity index (χ4v) is 3.69. The van der Waals surface area contributed by atoms with Crippen LogP contribution in [0.5, 0.6) is 0 Å². The van der Waals surface area contributed by atoms with Crippen molar-refractivity contribution in [2.45, 2.75) is 32.6 Å². The molecule has 2 N–H and O–H groups in total. The van der Waals surface area contributed by atoms with Gasteiger partial charge in [-0.05, 0) is 36.6 Å². The molecule has 0 saturated carbocycles. The smallest absolute Gasteiger partial charge is 0.273 e. The number of H-pyrrole nitrogens is 1. The van der Waals surface area contributed by atoms with Crippen LogP contribution in [0, 0.1) is 0 Å². The van der Waals surface area contributed by atoms with Gasteiger partial charge in [0.05, 0.1) is 6.42 Å². The first kappa shape index (κ1) is 20.9. The third kappa shape index (κ3) is 4.54. The monoisotopic (exact) mass is 434 g/mol. The van der Waals surface area contributed by atoms with Crippen molar-refractivity contribution in [2.24, 2.45) is 0 Å². The van der Waals surface area contributed by atoms with Crippen LogP contribution in [0.25, 0.3) is 22.2 Å². The number of amides is 1. The van der Waals surface area contributed by atoms with Crippen molar-refractivity contribution < 1.29 is 4.79 Å². The van der Waals surface area contributed by atoms with Gasteiger partial charge in [0.25, 0.3) is 5.56 Å². The summed E-state index contributed by atoms with van der Waals surface area (Å²) in [6.07, 6.45) is 2.73.